The van der Waals surface area contributed by atoms with Crippen LogP contribution in [0.2, 0.25) is 0 Å². The second-order valence-corrected chi connectivity index (χ2v) is 8.60. The highest BCUT2D eigenvalue weighted by atomic mass is 19.1. The molecule has 2 heterocycles. The second kappa shape index (κ2) is 9.62. The lowest BCUT2D eigenvalue weighted by Crippen LogP contribution is -2.40. The first-order chi connectivity index (χ1) is 17.0. The van der Waals surface area contributed by atoms with Gasteiger partial charge in [0.1, 0.15) is 11.6 Å². The van der Waals surface area contributed by atoms with Crippen molar-refractivity contribution in [1.82, 2.24) is 14.7 Å². The van der Waals surface area contributed by atoms with E-state index in [0.717, 1.165) is 35.1 Å². The fourth-order valence-corrected chi connectivity index (χ4v) is 4.54. The molecule has 1 amide bonds. The summed E-state index contributed by atoms with van der Waals surface area (Å²) >= 11 is 0. The lowest BCUT2D eigenvalue weighted by atomic mass is 9.88. The van der Waals surface area contributed by atoms with Crippen molar-refractivity contribution in [3.8, 4) is 16.9 Å². The zero-order chi connectivity index (χ0) is 24.4. The van der Waals surface area contributed by atoms with E-state index in [1.54, 1.807) is 27.9 Å². The summed E-state index contributed by atoms with van der Waals surface area (Å²) < 4.78 is 29.3. The molecule has 0 unspecified atom stereocenters. The summed E-state index contributed by atoms with van der Waals surface area (Å²) in [4.78, 5) is 27.6. The van der Waals surface area contributed by atoms with E-state index in [1.165, 1.54) is 0 Å². The Morgan fingerprint density at radius 3 is 2.40 bits per heavy atom. The number of carbonyl (C=O) groups excluding carboxylic acids is 2. The van der Waals surface area contributed by atoms with Gasteiger partial charge in [-0.2, -0.15) is 5.10 Å². The van der Waals surface area contributed by atoms with Gasteiger partial charge >= 0.3 is 0 Å². The summed E-state index contributed by atoms with van der Waals surface area (Å²) in [6.45, 7) is 0.737. The molecule has 0 radical (unpaired) electrons. The largest absolute Gasteiger partial charge is 0.339 e. The molecule has 1 aromatic heterocycles. The van der Waals surface area contributed by atoms with E-state index in [9.17, 15) is 18.4 Å². The number of hydrogen-bond acceptors (Lipinski definition) is 3. The number of piperidine rings is 1. The summed E-state index contributed by atoms with van der Waals surface area (Å²) in [6, 6.07) is 22.0. The van der Waals surface area contributed by atoms with Gasteiger partial charge in [-0.25, -0.2) is 13.5 Å². The lowest BCUT2D eigenvalue weighted by molar-refractivity contribution is 0.0649. The van der Waals surface area contributed by atoms with Crippen molar-refractivity contribution in [2.45, 2.75) is 12.8 Å². The van der Waals surface area contributed by atoms with Crippen LogP contribution in [0.25, 0.3) is 16.9 Å². The zero-order valence-corrected chi connectivity index (χ0v) is 18.9. The van der Waals surface area contributed by atoms with Crippen molar-refractivity contribution in [3.05, 3.63) is 108 Å². The molecule has 3 aromatic carbocycles. The van der Waals surface area contributed by atoms with Crippen molar-refractivity contribution in [3.63, 3.8) is 0 Å². The van der Waals surface area contributed by atoms with E-state index in [4.69, 9.17) is 0 Å². The maximum absolute atomic E-state index is 14.0. The molecule has 0 N–H and O–H groups in total. The Morgan fingerprint density at radius 2 is 1.63 bits per heavy atom. The summed E-state index contributed by atoms with van der Waals surface area (Å²) in [7, 11) is 0. The van der Waals surface area contributed by atoms with Crippen LogP contribution in [-0.4, -0.2) is 39.5 Å². The van der Waals surface area contributed by atoms with E-state index >= 15 is 0 Å². The number of Topliss-reactive ketones (excluding diaryl/α,β-unsaturated/α-hetero) is 1. The monoisotopic (exact) mass is 471 g/mol. The number of aromatic nitrogens is 2. The highest BCUT2D eigenvalue weighted by Gasteiger charge is 2.30. The van der Waals surface area contributed by atoms with Crippen LogP contribution in [0.4, 0.5) is 8.78 Å². The predicted molar refractivity (Wildman–Crippen MR) is 128 cm³/mol. The molecule has 0 saturated carbocycles. The van der Waals surface area contributed by atoms with Crippen molar-refractivity contribution in [2.75, 3.05) is 13.1 Å². The third-order valence-corrected chi connectivity index (χ3v) is 6.40. The molecule has 0 atom stereocenters. The number of benzene rings is 3. The van der Waals surface area contributed by atoms with Crippen molar-refractivity contribution >= 4 is 11.7 Å². The van der Waals surface area contributed by atoms with Crippen LogP contribution in [0.1, 0.15) is 33.6 Å². The molecule has 176 valence electrons. The molecule has 0 spiro atoms. The fourth-order valence-electron chi connectivity index (χ4n) is 4.54. The number of rotatable bonds is 5. The van der Waals surface area contributed by atoms with Gasteiger partial charge in [0, 0.05) is 30.1 Å². The van der Waals surface area contributed by atoms with E-state index in [2.05, 4.69) is 5.10 Å². The number of carbonyl (C=O) groups is 2. The van der Waals surface area contributed by atoms with Crippen LogP contribution in [-0.2, 0) is 0 Å². The Hall–Kier alpha value is -4.13. The highest BCUT2D eigenvalue weighted by Crippen LogP contribution is 2.26. The summed E-state index contributed by atoms with van der Waals surface area (Å²) in [6.07, 6.45) is 2.52. The average Bonchev–Trinajstić information content (AvgIpc) is 3.40. The smallest absolute Gasteiger partial charge is 0.253 e. The van der Waals surface area contributed by atoms with Crippen LogP contribution in [0.15, 0.2) is 85.1 Å². The molecule has 0 aliphatic carbocycles. The third kappa shape index (κ3) is 4.62. The molecule has 7 heteroatoms. The molecule has 5 rings (SSSR count). The predicted octanol–water partition coefficient (Wildman–Crippen LogP) is 5.55. The van der Waals surface area contributed by atoms with Crippen LogP contribution in [0.3, 0.4) is 0 Å². The number of amides is 1. The Balaban J connectivity index is 1.30. The lowest BCUT2D eigenvalue weighted by Gasteiger charge is -2.31. The first-order valence-electron chi connectivity index (χ1n) is 11.5. The molecular formula is C28H23F2N3O2. The van der Waals surface area contributed by atoms with Crippen LogP contribution >= 0.6 is 0 Å². The average molecular weight is 472 g/mol. The van der Waals surface area contributed by atoms with Gasteiger partial charge in [0.15, 0.2) is 5.78 Å². The van der Waals surface area contributed by atoms with E-state index in [1.807, 2.05) is 48.5 Å². The number of hydrogen-bond donors (Lipinski definition) is 0. The highest BCUT2D eigenvalue weighted by molar-refractivity contribution is 5.99. The second-order valence-electron chi connectivity index (χ2n) is 8.60. The first kappa shape index (κ1) is 22.7. The number of halogens is 2. The van der Waals surface area contributed by atoms with Gasteiger partial charge in [-0.05, 0) is 55.3 Å². The minimum Gasteiger partial charge on any atom is -0.339 e. The van der Waals surface area contributed by atoms with Gasteiger partial charge in [0.05, 0.1) is 23.1 Å². The third-order valence-electron chi connectivity index (χ3n) is 6.40. The molecule has 4 aromatic rings. The van der Waals surface area contributed by atoms with E-state index in [0.29, 0.717) is 31.5 Å². The molecule has 35 heavy (non-hydrogen) atoms. The van der Waals surface area contributed by atoms with Gasteiger partial charge < -0.3 is 4.90 Å². The Kier molecular flexibility index (Phi) is 6.23. The standard InChI is InChI=1S/C28H23F2N3O2/c29-22-9-10-25(30)24(18-22)27(34)20-12-15-32(16-13-20)28(35)21-7-4-8-23(17-21)33-26(11-14-31-33)19-5-2-1-3-6-19/h1-11,14,17-18,20H,12-13,15-16H2. The Bertz CT molecular complexity index is 1380. The maximum Gasteiger partial charge on any atom is 0.253 e. The minimum atomic E-state index is -0.722. The minimum absolute atomic E-state index is 0.136. The Labute approximate surface area is 201 Å². The fraction of sp³-hybridized carbons (Fsp3) is 0.179. The van der Waals surface area contributed by atoms with Gasteiger partial charge in [0.25, 0.3) is 5.91 Å². The maximum atomic E-state index is 14.0. The van der Waals surface area contributed by atoms with Crippen LogP contribution in [0.5, 0.6) is 0 Å². The first-order valence-corrected chi connectivity index (χ1v) is 11.5. The normalized spacial score (nSPS) is 14.2. The topological polar surface area (TPSA) is 55.2 Å². The Morgan fingerprint density at radius 1 is 0.857 bits per heavy atom. The van der Waals surface area contributed by atoms with Crippen molar-refractivity contribution in [2.24, 2.45) is 5.92 Å². The van der Waals surface area contributed by atoms with Crippen LogP contribution < -0.4 is 0 Å². The molecule has 1 aliphatic rings. The molecule has 1 aliphatic heterocycles. The molecule has 0 bridgehead atoms. The summed E-state index contributed by atoms with van der Waals surface area (Å²) in [5.74, 6) is -2.36. The summed E-state index contributed by atoms with van der Waals surface area (Å²) in [5, 5.41) is 4.44. The molecule has 1 saturated heterocycles. The van der Waals surface area contributed by atoms with Gasteiger partial charge in [0.2, 0.25) is 0 Å². The number of nitrogens with zero attached hydrogens (tertiary/aromatic N) is 3. The van der Waals surface area contributed by atoms with Crippen molar-refractivity contribution in [1.29, 1.82) is 0 Å². The van der Waals surface area contributed by atoms with Gasteiger partial charge in [-0.15, -0.1) is 0 Å². The van der Waals surface area contributed by atoms with Gasteiger partial charge in [-0.1, -0.05) is 36.4 Å². The SMILES string of the molecule is O=C(c1cc(F)ccc1F)C1CCN(C(=O)c2cccc(-n3nccc3-c3ccccc3)c2)CC1. The summed E-state index contributed by atoms with van der Waals surface area (Å²) in [5.41, 5.74) is 3.00. The van der Waals surface area contributed by atoms with E-state index in [-0.39, 0.29) is 11.5 Å². The van der Waals surface area contributed by atoms with Gasteiger partial charge in [-0.3, -0.25) is 9.59 Å². The zero-order valence-electron chi connectivity index (χ0n) is 18.9. The van der Waals surface area contributed by atoms with E-state index < -0.39 is 23.3 Å². The number of ketones is 1. The molecule has 5 nitrogen and oxygen atoms in total. The van der Waals surface area contributed by atoms with Crippen LogP contribution in [0, 0.1) is 17.6 Å². The van der Waals surface area contributed by atoms with Crippen molar-refractivity contribution < 1.29 is 18.4 Å². The molecular weight excluding hydrogens is 448 g/mol. The molecule has 1 fully saturated rings. The quantitative estimate of drug-likeness (QED) is 0.359. The number of likely N-dealkylation sites (tertiary alicyclic amines) is 1.